The lowest BCUT2D eigenvalue weighted by atomic mass is 10.1. The molecule has 0 aliphatic carbocycles. The van der Waals surface area contributed by atoms with Crippen LogP contribution in [0.4, 0.5) is 0 Å². The number of carbonyl (C=O) groups is 1. The molecule has 0 amide bonds. The molecule has 0 radical (unpaired) electrons. The molecule has 5 heteroatoms. The van der Waals surface area contributed by atoms with Crippen LogP contribution in [0.3, 0.4) is 0 Å². The fraction of sp³-hybridized carbons (Fsp3) is 0.909. The van der Waals surface area contributed by atoms with Crippen LogP contribution in [0.1, 0.15) is 19.8 Å². The quantitative estimate of drug-likeness (QED) is 0.650. The zero-order valence-electron chi connectivity index (χ0n) is 9.85. The molecule has 0 spiro atoms. The maximum Gasteiger partial charge on any atom is 0.303 e. The largest absolute Gasteiger partial charge is 0.481 e. The van der Waals surface area contributed by atoms with Gasteiger partial charge in [0.15, 0.2) is 0 Å². The Labute approximate surface area is 96.3 Å². The van der Waals surface area contributed by atoms with Crippen LogP contribution in [0.5, 0.6) is 0 Å². The third kappa shape index (κ3) is 4.92. The van der Waals surface area contributed by atoms with Gasteiger partial charge in [0.05, 0.1) is 19.8 Å². The predicted octanol–water partition coefficient (Wildman–Crippen LogP) is 0.589. The Hall–Kier alpha value is -0.650. The standard InChI is InChI=1S/C11H21NO4/c1-2-15-7-5-12-6-8-16-9-10(12)3-4-11(13)14/h10H,2-9H2,1H3,(H,13,14). The summed E-state index contributed by atoms with van der Waals surface area (Å²) in [7, 11) is 0. The number of hydrogen-bond donors (Lipinski definition) is 1. The number of morpholine rings is 1. The first-order valence-electron chi connectivity index (χ1n) is 5.85. The molecule has 0 bridgehead atoms. The predicted molar refractivity (Wildman–Crippen MR) is 59.5 cm³/mol. The Kier molecular flexibility index (Phi) is 6.37. The second-order valence-corrected chi connectivity index (χ2v) is 3.89. The minimum atomic E-state index is -0.740. The number of carboxylic acids is 1. The lowest BCUT2D eigenvalue weighted by Crippen LogP contribution is -2.46. The lowest BCUT2D eigenvalue weighted by molar-refractivity contribution is -0.137. The van der Waals surface area contributed by atoms with E-state index in [0.29, 0.717) is 19.6 Å². The van der Waals surface area contributed by atoms with Gasteiger partial charge in [-0.1, -0.05) is 0 Å². The molecule has 1 heterocycles. The molecular weight excluding hydrogens is 210 g/mol. The van der Waals surface area contributed by atoms with Crippen molar-refractivity contribution in [2.75, 3.05) is 39.5 Å². The summed E-state index contributed by atoms with van der Waals surface area (Å²) in [5, 5.41) is 8.66. The van der Waals surface area contributed by atoms with Crippen LogP contribution in [-0.4, -0.2) is 61.5 Å². The van der Waals surface area contributed by atoms with Crippen LogP contribution >= 0.6 is 0 Å². The third-order valence-corrected chi connectivity index (χ3v) is 2.77. The van der Waals surface area contributed by atoms with Crippen molar-refractivity contribution >= 4 is 5.97 Å². The zero-order valence-corrected chi connectivity index (χ0v) is 9.85. The van der Waals surface area contributed by atoms with E-state index in [1.165, 1.54) is 0 Å². The molecule has 1 N–H and O–H groups in total. The van der Waals surface area contributed by atoms with Crippen molar-refractivity contribution in [2.24, 2.45) is 0 Å². The zero-order chi connectivity index (χ0) is 11.8. The fourth-order valence-corrected chi connectivity index (χ4v) is 1.87. The maximum absolute atomic E-state index is 10.5. The Morgan fingerprint density at radius 1 is 1.62 bits per heavy atom. The Morgan fingerprint density at radius 3 is 3.12 bits per heavy atom. The number of ether oxygens (including phenoxy) is 2. The first-order valence-corrected chi connectivity index (χ1v) is 5.85. The van der Waals surface area contributed by atoms with Gasteiger partial charge < -0.3 is 14.6 Å². The van der Waals surface area contributed by atoms with Gasteiger partial charge in [-0.15, -0.1) is 0 Å². The van der Waals surface area contributed by atoms with Gasteiger partial charge in [0.25, 0.3) is 0 Å². The van der Waals surface area contributed by atoms with Crippen LogP contribution in [0.15, 0.2) is 0 Å². The first-order chi connectivity index (χ1) is 7.74. The molecule has 1 rings (SSSR count). The minimum Gasteiger partial charge on any atom is -0.481 e. The van der Waals surface area contributed by atoms with E-state index in [1.54, 1.807) is 0 Å². The molecule has 1 fully saturated rings. The van der Waals surface area contributed by atoms with Crippen molar-refractivity contribution in [2.45, 2.75) is 25.8 Å². The number of rotatable bonds is 7. The van der Waals surface area contributed by atoms with Crippen LogP contribution in [0.25, 0.3) is 0 Å². The molecule has 0 saturated carbocycles. The minimum absolute atomic E-state index is 0.208. The van der Waals surface area contributed by atoms with Crippen LogP contribution in [-0.2, 0) is 14.3 Å². The normalized spacial score (nSPS) is 22.2. The highest BCUT2D eigenvalue weighted by molar-refractivity contribution is 5.66. The van der Waals surface area contributed by atoms with Crippen molar-refractivity contribution < 1.29 is 19.4 Å². The molecule has 0 aromatic heterocycles. The average Bonchev–Trinajstić information content (AvgIpc) is 2.28. The van der Waals surface area contributed by atoms with Gasteiger partial charge >= 0.3 is 5.97 Å². The topological polar surface area (TPSA) is 59.0 Å². The highest BCUT2D eigenvalue weighted by Crippen LogP contribution is 2.12. The van der Waals surface area contributed by atoms with Gasteiger partial charge in [-0.25, -0.2) is 0 Å². The van der Waals surface area contributed by atoms with Crippen molar-refractivity contribution in [3.05, 3.63) is 0 Å². The summed E-state index contributed by atoms with van der Waals surface area (Å²) in [6.07, 6.45) is 0.862. The second-order valence-electron chi connectivity index (χ2n) is 3.89. The first kappa shape index (κ1) is 13.4. The molecule has 1 unspecified atom stereocenters. The second kappa shape index (κ2) is 7.60. The van der Waals surface area contributed by atoms with Gasteiger partial charge in [-0.2, -0.15) is 0 Å². The highest BCUT2D eigenvalue weighted by atomic mass is 16.5. The van der Waals surface area contributed by atoms with Crippen LogP contribution in [0.2, 0.25) is 0 Å². The Bertz CT molecular complexity index is 210. The van der Waals surface area contributed by atoms with E-state index in [4.69, 9.17) is 14.6 Å². The number of carboxylic acid groups (broad SMARTS) is 1. The summed E-state index contributed by atoms with van der Waals surface area (Å²) in [4.78, 5) is 12.8. The van der Waals surface area contributed by atoms with Crippen molar-refractivity contribution in [1.29, 1.82) is 0 Å². The molecule has 1 atom stereocenters. The van der Waals surface area contributed by atoms with Gasteiger partial charge in [-0.05, 0) is 13.3 Å². The van der Waals surface area contributed by atoms with E-state index in [-0.39, 0.29) is 12.5 Å². The van der Waals surface area contributed by atoms with Crippen molar-refractivity contribution in [3.63, 3.8) is 0 Å². The maximum atomic E-state index is 10.5. The van der Waals surface area contributed by atoms with Gasteiger partial charge in [0.1, 0.15) is 0 Å². The molecule has 0 aromatic rings. The molecule has 1 aliphatic heterocycles. The number of hydrogen-bond acceptors (Lipinski definition) is 4. The monoisotopic (exact) mass is 231 g/mol. The van der Waals surface area contributed by atoms with Crippen LogP contribution in [0, 0.1) is 0 Å². The molecule has 1 aliphatic rings. The molecule has 0 aromatic carbocycles. The summed E-state index contributed by atoms with van der Waals surface area (Å²) in [6, 6.07) is 0.227. The molecule has 94 valence electrons. The molecule has 5 nitrogen and oxygen atoms in total. The summed E-state index contributed by atoms with van der Waals surface area (Å²) in [6.45, 7) is 6.51. The van der Waals surface area contributed by atoms with Crippen LogP contribution < -0.4 is 0 Å². The van der Waals surface area contributed by atoms with E-state index in [9.17, 15) is 4.79 Å². The smallest absolute Gasteiger partial charge is 0.303 e. The molecular formula is C11H21NO4. The summed E-state index contributed by atoms with van der Waals surface area (Å²) in [5.74, 6) is -0.740. The Balaban J connectivity index is 2.28. The average molecular weight is 231 g/mol. The summed E-state index contributed by atoms with van der Waals surface area (Å²) in [5.41, 5.74) is 0. The number of aliphatic carboxylic acids is 1. The van der Waals surface area contributed by atoms with E-state index in [0.717, 1.165) is 26.3 Å². The molecule has 16 heavy (non-hydrogen) atoms. The Morgan fingerprint density at radius 2 is 2.44 bits per heavy atom. The van der Waals surface area contributed by atoms with E-state index in [2.05, 4.69) is 4.90 Å². The lowest BCUT2D eigenvalue weighted by Gasteiger charge is -2.35. The third-order valence-electron chi connectivity index (χ3n) is 2.77. The van der Waals surface area contributed by atoms with Gasteiger partial charge in [-0.3, -0.25) is 9.69 Å². The fourth-order valence-electron chi connectivity index (χ4n) is 1.87. The summed E-state index contributed by atoms with van der Waals surface area (Å²) >= 11 is 0. The van der Waals surface area contributed by atoms with E-state index in [1.807, 2.05) is 6.92 Å². The van der Waals surface area contributed by atoms with Crippen molar-refractivity contribution in [3.8, 4) is 0 Å². The van der Waals surface area contributed by atoms with Gasteiger partial charge in [0.2, 0.25) is 0 Å². The van der Waals surface area contributed by atoms with Gasteiger partial charge in [0, 0.05) is 32.2 Å². The summed E-state index contributed by atoms with van der Waals surface area (Å²) < 4.78 is 10.7. The van der Waals surface area contributed by atoms with Crippen molar-refractivity contribution in [1.82, 2.24) is 4.90 Å². The SMILES string of the molecule is CCOCCN1CCOCC1CCC(=O)O. The van der Waals surface area contributed by atoms with E-state index < -0.39 is 5.97 Å². The number of nitrogens with zero attached hydrogens (tertiary/aromatic N) is 1. The highest BCUT2D eigenvalue weighted by Gasteiger charge is 2.22. The van der Waals surface area contributed by atoms with E-state index >= 15 is 0 Å². The molecule has 1 saturated heterocycles.